The number of nitrogens with one attached hydrogen (secondary N) is 1. The number of carboxylic acid groups (broad SMARTS) is 1. The molecule has 0 radical (unpaired) electrons. The van der Waals surface area contributed by atoms with Gasteiger partial charge in [-0.3, -0.25) is 4.79 Å². The summed E-state index contributed by atoms with van der Waals surface area (Å²) in [6.45, 7) is 0.506. The molecule has 2 N–H and O–H groups in total. The molecule has 0 fully saturated rings. The van der Waals surface area contributed by atoms with Crippen molar-refractivity contribution in [3.63, 3.8) is 0 Å². The highest BCUT2D eigenvalue weighted by molar-refractivity contribution is 9.10. The first kappa shape index (κ1) is 18.6. The third-order valence-electron chi connectivity index (χ3n) is 3.24. The Kier molecular flexibility index (Phi) is 6.90. The lowest BCUT2D eigenvalue weighted by Crippen LogP contribution is -2.22. The minimum Gasteiger partial charge on any atom is -0.493 e. The van der Waals surface area contributed by atoms with E-state index in [0.717, 1.165) is 15.6 Å². The molecule has 0 aliphatic rings. The predicted octanol–water partition coefficient (Wildman–Crippen LogP) is 3.86. The van der Waals surface area contributed by atoms with Crippen LogP contribution >= 0.6 is 27.5 Å². The summed E-state index contributed by atoms with van der Waals surface area (Å²) in [5.41, 5.74) is 1.71. The number of methoxy groups -OCH3 is 1. The normalized spacial score (nSPS) is 10.5. The minimum atomic E-state index is -0.921. The molecular formula is C17H17BrClNO4. The Bertz CT molecular complexity index is 724. The molecule has 7 heteroatoms. The third kappa shape index (κ3) is 5.12. The summed E-state index contributed by atoms with van der Waals surface area (Å²) in [6.07, 6.45) is 0. The Labute approximate surface area is 153 Å². The van der Waals surface area contributed by atoms with Crippen LogP contribution in [0.3, 0.4) is 0 Å². The van der Waals surface area contributed by atoms with Crippen molar-refractivity contribution in [2.45, 2.75) is 13.2 Å². The summed E-state index contributed by atoms with van der Waals surface area (Å²) in [6, 6.07) is 11.0. The van der Waals surface area contributed by atoms with E-state index >= 15 is 0 Å². The van der Waals surface area contributed by atoms with Crippen LogP contribution in [-0.4, -0.2) is 24.7 Å². The van der Waals surface area contributed by atoms with Gasteiger partial charge in [-0.2, -0.15) is 0 Å². The molecule has 0 aliphatic carbocycles. The molecule has 128 valence electrons. The average Bonchev–Trinajstić information content (AvgIpc) is 2.54. The quantitative estimate of drug-likeness (QED) is 0.686. The topological polar surface area (TPSA) is 67.8 Å². The number of benzene rings is 2. The lowest BCUT2D eigenvalue weighted by Gasteiger charge is -2.17. The summed E-state index contributed by atoms with van der Waals surface area (Å²) < 4.78 is 12.1. The summed E-state index contributed by atoms with van der Waals surface area (Å²) in [5.74, 6) is 0.215. The van der Waals surface area contributed by atoms with E-state index in [1.165, 1.54) is 0 Å². The molecule has 24 heavy (non-hydrogen) atoms. The van der Waals surface area contributed by atoms with E-state index in [1.54, 1.807) is 19.2 Å². The highest BCUT2D eigenvalue weighted by Gasteiger charge is 2.15. The molecule has 5 nitrogen and oxygen atoms in total. The zero-order chi connectivity index (χ0) is 17.5. The maximum absolute atomic E-state index is 10.7. The van der Waals surface area contributed by atoms with Crippen LogP contribution in [0.1, 0.15) is 11.1 Å². The average molecular weight is 415 g/mol. The standard InChI is InChI=1S/C17H17BrClNO4/c1-23-15-6-5-14(18)13(8-20-9-16(21)22)17(15)24-10-11-3-2-4-12(19)7-11/h2-7,20H,8-10H2,1H3,(H,21,22). The molecule has 0 bridgehead atoms. The van der Waals surface area contributed by atoms with Gasteiger partial charge in [-0.1, -0.05) is 39.7 Å². The molecule has 0 atom stereocenters. The molecule has 2 aromatic carbocycles. The second kappa shape index (κ2) is 8.92. The van der Waals surface area contributed by atoms with Crippen molar-refractivity contribution < 1.29 is 19.4 Å². The second-order valence-corrected chi connectivity index (χ2v) is 6.26. The van der Waals surface area contributed by atoms with Gasteiger partial charge in [-0.15, -0.1) is 0 Å². The fraction of sp³-hybridized carbons (Fsp3) is 0.235. The number of hydrogen-bond donors (Lipinski definition) is 2. The smallest absolute Gasteiger partial charge is 0.317 e. The van der Waals surface area contributed by atoms with Crippen LogP contribution in [0.4, 0.5) is 0 Å². The van der Waals surface area contributed by atoms with Crippen molar-refractivity contribution in [2.75, 3.05) is 13.7 Å². The zero-order valence-corrected chi connectivity index (χ0v) is 15.4. The Morgan fingerprint density at radius 3 is 2.79 bits per heavy atom. The van der Waals surface area contributed by atoms with E-state index < -0.39 is 5.97 Å². The molecule has 0 saturated carbocycles. The van der Waals surface area contributed by atoms with Crippen molar-refractivity contribution in [2.24, 2.45) is 0 Å². The minimum absolute atomic E-state index is 0.141. The summed E-state index contributed by atoms with van der Waals surface area (Å²) >= 11 is 9.46. The second-order valence-electron chi connectivity index (χ2n) is 4.97. The summed E-state index contributed by atoms with van der Waals surface area (Å²) in [4.78, 5) is 10.7. The maximum atomic E-state index is 10.7. The molecule has 0 spiro atoms. The molecular weight excluding hydrogens is 398 g/mol. The molecule has 0 saturated heterocycles. The van der Waals surface area contributed by atoms with Crippen LogP contribution < -0.4 is 14.8 Å². The lowest BCUT2D eigenvalue weighted by molar-refractivity contribution is -0.136. The fourth-order valence-electron chi connectivity index (χ4n) is 2.14. The fourth-order valence-corrected chi connectivity index (χ4v) is 2.81. The SMILES string of the molecule is COc1ccc(Br)c(CNCC(=O)O)c1OCc1cccc(Cl)c1. The van der Waals surface area contributed by atoms with E-state index in [-0.39, 0.29) is 6.54 Å². The van der Waals surface area contributed by atoms with Gasteiger partial charge in [0.2, 0.25) is 0 Å². The van der Waals surface area contributed by atoms with Gasteiger partial charge in [0, 0.05) is 21.6 Å². The van der Waals surface area contributed by atoms with E-state index in [1.807, 2.05) is 24.3 Å². The number of rotatable bonds is 8. The van der Waals surface area contributed by atoms with E-state index in [4.69, 9.17) is 26.2 Å². The Morgan fingerprint density at radius 1 is 1.33 bits per heavy atom. The largest absolute Gasteiger partial charge is 0.493 e. The first-order valence-corrected chi connectivity index (χ1v) is 8.33. The Hall–Kier alpha value is -1.76. The van der Waals surface area contributed by atoms with Gasteiger partial charge in [0.25, 0.3) is 0 Å². The third-order valence-corrected chi connectivity index (χ3v) is 4.22. The summed E-state index contributed by atoms with van der Waals surface area (Å²) in [7, 11) is 1.56. The lowest BCUT2D eigenvalue weighted by atomic mass is 10.1. The van der Waals surface area contributed by atoms with Gasteiger partial charge in [0.15, 0.2) is 11.5 Å². The van der Waals surface area contributed by atoms with Crippen molar-refractivity contribution in [1.82, 2.24) is 5.32 Å². The van der Waals surface area contributed by atoms with Crippen LogP contribution in [0.15, 0.2) is 40.9 Å². The molecule has 0 unspecified atom stereocenters. The van der Waals surface area contributed by atoms with Crippen molar-refractivity contribution in [3.05, 3.63) is 57.0 Å². The highest BCUT2D eigenvalue weighted by atomic mass is 79.9. The van der Waals surface area contributed by atoms with Crippen LogP contribution in [0.25, 0.3) is 0 Å². The van der Waals surface area contributed by atoms with Crippen LogP contribution in [0.5, 0.6) is 11.5 Å². The molecule has 0 aliphatic heterocycles. The number of carboxylic acids is 1. The van der Waals surface area contributed by atoms with Gasteiger partial charge in [-0.05, 0) is 29.8 Å². The number of carbonyl (C=O) groups is 1. The van der Waals surface area contributed by atoms with Crippen molar-refractivity contribution in [3.8, 4) is 11.5 Å². The number of halogens is 2. The molecule has 0 aromatic heterocycles. The molecule has 0 heterocycles. The van der Waals surface area contributed by atoms with Crippen LogP contribution in [0, 0.1) is 0 Å². The molecule has 2 rings (SSSR count). The van der Waals surface area contributed by atoms with Gasteiger partial charge in [0.05, 0.1) is 13.7 Å². The van der Waals surface area contributed by atoms with Gasteiger partial charge < -0.3 is 19.9 Å². The van der Waals surface area contributed by atoms with E-state index in [9.17, 15) is 4.79 Å². The first-order valence-electron chi connectivity index (χ1n) is 7.16. The molecule has 0 amide bonds. The van der Waals surface area contributed by atoms with E-state index in [0.29, 0.717) is 29.7 Å². The predicted molar refractivity (Wildman–Crippen MR) is 95.8 cm³/mol. The highest BCUT2D eigenvalue weighted by Crippen LogP contribution is 2.36. The van der Waals surface area contributed by atoms with E-state index in [2.05, 4.69) is 21.2 Å². The van der Waals surface area contributed by atoms with Crippen molar-refractivity contribution in [1.29, 1.82) is 0 Å². The van der Waals surface area contributed by atoms with Crippen LogP contribution in [0.2, 0.25) is 5.02 Å². The van der Waals surface area contributed by atoms with Crippen molar-refractivity contribution >= 4 is 33.5 Å². The van der Waals surface area contributed by atoms with Gasteiger partial charge in [-0.25, -0.2) is 0 Å². The molecule has 2 aromatic rings. The monoisotopic (exact) mass is 413 g/mol. The number of aliphatic carboxylic acids is 1. The number of hydrogen-bond acceptors (Lipinski definition) is 4. The van der Waals surface area contributed by atoms with Gasteiger partial charge in [0.1, 0.15) is 6.61 Å². The Morgan fingerprint density at radius 2 is 2.12 bits per heavy atom. The van der Waals surface area contributed by atoms with Crippen LogP contribution in [-0.2, 0) is 17.9 Å². The zero-order valence-electron chi connectivity index (χ0n) is 13.0. The maximum Gasteiger partial charge on any atom is 0.317 e. The van der Waals surface area contributed by atoms with Gasteiger partial charge >= 0.3 is 5.97 Å². The first-order chi connectivity index (χ1) is 11.5. The number of ether oxygens (including phenoxy) is 2. The summed E-state index contributed by atoms with van der Waals surface area (Å²) in [5, 5.41) is 12.3. The Balaban J connectivity index is 2.21.